The Bertz CT molecular complexity index is 445. The van der Waals surface area contributed by atoms with E-state index in [9.17, 15) is 9.59 Å². The lowest BCUT2D eigenvalue weighted by Gasteiger charge is -2.07. The van der Waals surface area contributed by atoms with E-state index in [-0.39, 0.29) is 5.91 Å². The smallest absolute Gasteiger partial charge is 0.350 e. The maximum atomic E-state index is 11.8. The van der Waals surface area contributed by atoms with E-state index in [2.05, 4.69) is 12.2 Å². The molecule has 1 atom stereocenters. The van der Waals surface area contributed by atoms with Crippen LogP contribution in [-0.4, -0.2) is 31.3 Å². The Morgan fingerprint density at radius 2 is 2.21 bits per heavy atom. The molecule has 4 nitrogen and oxygen atoms in total. The number of rotatable bonds is 7. The standard InChI is InChI=1S/C13H20NO3PS/c1-4-5-6-18-7-10(15)14-11-9(2)8-19-12(11)13(16)17-3/h8,18H,4-7H2,1-3H3,(H,14,15). The Labute approximate surface area is 119 Å². The number of unbranched alkanes of at least 4 members (excludes halogenated alkanes) is 1. The summed E-state index contributed by atoms with van der Waals surface area (Å²) in [4.78, 5) is 23.9. The summed E-state index contributed by atoms with van der Waals surface area (Å²) < 4.78 is 4.71. The minimum Gasteiger partial charge on any atom is -0.465 e. The third-order valence-corrected chi connectivity index (χ3v) is 4.96. The number of anilines is 1. The maximum absolute atomic E-state index is 11.8. The average Bonchev–Trinajstić information content (AvgIpc) is 2.75. The van der Waals surface area contributed by atoms with Gasteiger partial charge < -0.3 is 10.1 Å². The monoisotopic (exact) mass is 301 g/mol. The van der Waals surface area contributed by atoms with E-state index < -0.39 is 5.97 Å². The van der Waals surface area contributed by atoms with Crippen LogP contribution in [0.15, 0.2) is 5.38 Å². The molecule has 0 saturated heterocycles. The molecule has 0 aromatic carbocycles. The van der Waals surface area contributed by atoms with Crippen molar-refractivity contribution in [3.8, 4) is 0 Å². The predicted molar refractivity (Wildman–Crippen MR) is 82.0 cm³/mol. The van der Waals surface area contributed by atoms with Crippen LogP contribution >= 0.6 is 19.9 Å². The van der Waals surface area contributed by atoms with E-state index in [0.29, 0.717) is 25.3 Å². The van der Waals surface area contributed by atoms with Gasteiger partial charge in [0.25, 0.3) is 0 Å². The minimum absolute atomic E-state index is 0.0268. The number of nitrogens with one attached hydrogen (secondary N) is 1. The number of carbonyl (C=O) groups is 2. The van der Waals surface area contributed by atoms with Crippen molar-refractivity contribution in [2.45, 2.75) is 26.7 Å². The summed E-state index contributed by atoms with van der Waals surface area (Å²) in [5.74, 6) is -0.428. The van der Waals surface area contributed by atoms with Crippen molar-refractivity contribution < 1.29 is 14.3 Å². The number of amides is 1. The number of aryl methyl sites for hydroxylation is 1. The molecule has 0 fully saturated rings. The van der Waals surface area contributed by atoms with Gasteiger partial charge in [0.2, 0.25) is 5.91 Å². The van der Waals surface area contributed by atoms with Crippen molar-refractivity contribution in [2.24, 2.45) is 0 Å². The molecule has 0 radical (unpaired) electrons. The summed E-state index contributed by atoms with van der Waals surface area (Å²) in [5.41, 5.74) is 1.50. The Kier molecular flexibility index (Phi) is 7.03. The highest BCUT2D eigenvalue weighted by atomic mass is 32.1. The SMILES string of the molecule is CCCCPCC(=O)Nc1c(C)csc1C(=O)OC. The molecule has 1 aromatic rings. The van der Waals surface area contributed by atoms with Gasteiger partial charge in [-0.05, 0) is 30.4 Å². The van der Waals surface area contributed by atoms with Crippen LogP contribution in [0.1, 0.15) is 35.0 Å². The zero-order valence-corrected chi connectivity index (χ0v) is 13.4. The molecule has 6 heteroatoms. The van der Waals surface area contributed by atoms with E-state index in [1.807, 2.05) is 12.3 Å². The summed E-state index contributed by atoms with van der Waals surface area (Å²) in [6.45, 7) is 4.01. The second-order valence-corrected chi connectivity index (χ2v) is 6.43. The van der Waals surface area contributed by atoms with Crippen LogP contribution in [0.2, 0.25) is 0 Å². The van der Waals surface area contributed by atoms with Crippen LogP contribution in [0.4, 0.5) is 5.69 Å². The third kappa shape index (κ3) is 4.92. The number of esters is 1. The molecule has 1 aromatic heterocycles. The van der Waals surface area contributed by atoms with Gasteiger partial charge in [0.05, 0.1) is 12.8 Å². The second kappa shape index (κ2) is 8.28. The second-order valence-electron chi connectivity index (χ2n) is 4.19. The first-order chi connectivity index (χ1) is 9.10. The first-order valence-corrected chi connectivity index (χ1v) is 8.56. The van der Waals surface area contributed by atoms with E-state index in [4.69, 9.17) is 4.74 Å². The van der Waals surface area contributed by atoms with Gasteiger partial charge in [-0.15, -0.1) is 19.9 Å². The molecule has 0 aliphatic rings. The van der Waals surface area contributed by atoms with Crippen molar-refractivity contribution in [3.63, 3.8) is 0 Å². The Morgan fingerprint density at radius 3 is 2.84 bits per heavy atom. The molecular weight excluding hydrogens is 281 g/mol. The van der Waals surface area contributed by atoms with Crippen molar-refractivity contribution >= 4 is 37.5 Å². The van der Waals surface area contributed by atoms with Crippen molar-refractivity contribution in [1.29, 1.82) is 0 Å². The van der Waals surface area contributed by atoms with Crippen LogP contribution < -0.4 is 5.32 Å². The van der Waals surface area contributed by atoms with Gasteiger partial charge in [0.15, 0.2) is 0 Å². The normalized spacial score (nSPS) is 10.9. The van der Waals surface area contributed by atoms with Gasteiger partial charge in [-0.2, -0.15) is 0 Å². The molecule has 19 heavy (non-hydrogen) atoms. The fraction of sp³-hybridized carbons (Fsp3) is 0.538. The zero-order chi connectivity index (χ0) is 14.3. The molecule has 0 saturated carbocycles. The number of hydrogen-bond acceptors (Lipinski definition) is 4. The molecule has 1 heterocycles. The lowest BCUT2D eigenvalue weighted by atomic mass is 10.2. The van der Waals surface area contributed by atoms with Crippen LogP contribution in [-0.2, 0) is 9.53 Å². The van der Waals surface area contributed by atoms with Crippen LogP contribution in [0, 0.1) is 6.92 Å². The fourth-order valence-corrected chi connectivity index (χ4v) is 3.55. The Hall–Kier alpha value is -0.930. The molecule has 1 N–H and O–H groups in total. The van der Waals surface area contributed by atoms with Crippen LogP contribution in [0.5, 0.6) is 0 Å². The van der Waals surface area contributed by atoms with Gasteiger partial charge in [-0.1, -0.05) is 13.3 Å². The summed E-state index contributed by atoms with van der Waals surface area (Å²) in [7, 11) is 1.99. The molecule has 0 spiro atoms. The maximum Gasteiger partial charge on any atom is 0.350 e. The van der Waals surface area contributed by atoms with E-state index in [0.717, 1.165) is 24.6 Å². The zero-order valence-electron chi connectivity index (χ0n) is 11.5. The third-order valence-electron chi connectivity index (χ3n) is 2.60. The molecule has 1 unspecified atom stereocenters. The van der Waals surface area contributed by atoms with Crippen molar-refractivity contribution in [2.75, 3.05) is 24.8 Å². The van der Waals surface area contributed by atoms with E-state index in [1.54, 1.807) is 0 Å². The lowest BCUT2D eigenvalue weighted by Crippen LogP contribution is -2.16. The topological polar surface area (TPSA) is 55.4 Å². The van der Waals surface area contributed by atoms with Gasteiger partial charge in [0.1, 0.15) is 4.88 Å². The average molecular weight is 301 g/mol. The fourth-order valence-electron chi connectivity index (χ4n) is 1.53. The van der Waals surface area contributed by atoms with Gasteiger partial charge in [-0.3, -0.25) is 4.79 Å². The minimum atomic E-state index is -0.401. The van der Waals surface area contributed by atoms with Crippen LogP contribution in [0.3, 0.4) is 0 Å². The Balaban J connectivity index is 2.58. The summed E-state index contributed by atoms with van der Waals surface area (Å²) in [5, 5.41) is 4.68. The molecule has 0 bridgehead atoms. The number of ether oxygens (including phenoxy) is 1. The summed E-state index contributed by atoms with van der Waals surface area (Å²) in [6, 6.07) is 0. The van der Waals surface area contributed by atoms with Crippen LogP contribution in [0.25, 0.3) is 0 Å². The number of carbonyl (C=O) groups excluding carboxylic acids is 2. The first kappa shape index (κ1) is 16.1. The number of thiophene rings is 1. The van der Waals surface area contributed by atoms with Crippen molar-refractivity contribution in [3.05, 3.63) is 15.8 Å². The lowest BCUT2D eigenvalue weighted by molar-refractivity contribution is -0.113. The Morgan fingerprint density at radius 1 is 1.47 bits per heavy atom. The molecule has 1 amide bonds. The number of hydrogen-bond donors (Lipinski definition) is 1. The quantitative estimate of drug-likeness (QED) is 0.478. The molecule has 0 aliphatic carbocycles. The highest BCUT2D eigenvalue weighted by Crippen LogP contribution is 2.28. The highest BCUT2D eigenvalue weighted by molar-refractivity contribution is 7.39. The molecule has 106 valence electrons. The van der Waals surface area contributed by atoms with E-state index in [1.165, 1.54) is 18.4 Å². The van der Waals surface area contributed by atoms with Gasteiger partial charge in [-0.25, -0.2) is 4.79 Å². The number of methoxy groups -OCH3 is 1. The van der Waals surface area contributed by atoms with E-state index >= 15 is 0 Å². The first-order valence-electron chi connectivity index (χ1n) is 6.27. The summed E-state index contributed by atoms with van der Waals surface area (Å²) in [6.07, 6.45) is 3.94. The highest BCUT2D eigenvalue weighted by Gasteiger charge is 2.18. The van der Waals surface area contributed by atoms with Crippen molar-refractivity contribution in [1.82, 2.24) is 0 Å². The predicted octanol–water partition coefficient (Wildman–Crippen LogP) is 3.26. The molecular formula is C13H20NO3PS. The van der Waals surface area contributed by atoms with Gasteiger partial charge >= 0.3 is 5.97 Å². The largest absolute Gasteiger partial charge is 0.465 e. The molecule has 0 aliphatic heterocycles. The summed E-state index contributed by atoms with van der Waals surface area (Å²) >= 11 is 1.30. The van der Waals surface area contributed by atoms with Gasteiger partial charge in [0, 0.05) is 6.16 Å². The molecule has 1 rings (SSSR count).